The van der Waals surface area contributed by atoms with Gasteiger partial charge in [0.15, 0.2) is 0 Å². The molecule has 3 nitrogen and oxygen atoms in total. The zero-order valence-electron chi connectivity index (χ0n) is 12.5. The number of hydrogen-bond acceptors (Lipinski definition) is 3. The van der Waals surface area contributed by atoms with Crippen LogP contribution >= 0.6 is 0 Å². The van der Waals surface area contributed by atoms with Gasteiger partial charge in [-0.05, 0) is 49.3 Å². The molecular weight excluding hydrogens is 246 g/mol. The summed E-state index contributed by atoms with van der Waals surface area (Å²) in [6, 6.07) is 6.17. The van der Waals surface area contributed by atoms with Crippen LogP contribution < -0.4 is 11.1 Å². The van der Waals surface area contributed by atoms with Crippen molar-refractivity contribution in [1.82, 2.24) is 4.98 Å². The maximum absolute atomic E-state index is 6.05. The highest BCUT2D eigenvalue weighted by atomic mass is 14.9. The fourth-order valence-electron chi connectivity index (χ4n) is 2.91. The van der Waals surface area contributed by atoms with Crippen molar-refractivity contribution in [2.24, 2.45) is 11.3 Å². The van der Waals surface area contributed by atoms with Crippen LogP contribution in [-0.2, 0) is 0 Å². The van der Waals surface area contributed by atoms with Gasteiger partial charge in [-0.2, -0.15) is 0 Å². The van der Waals surface area contributed by atoms with E-state index in [1.165, 1.54) is 23.9 Å². The molecule has 20 heavy (non-hydrogen) atoms. The van der Waals surface area contributed by atoms with E-state index in [-0.39, 0.29) is 0 Å². The first-order chi connectivity index (χ1) is 9.52. The van der Waals surface area contributed by atoms with Gasteiger partial charge in [-0.3, -0.25) is 4.98 Å². The average Bonchev–Trinajstić information content (AvgIpc) is 3.19. The van der Waals surface area contributed by atoms with Crippen LogP contribution in [0.2, 0.25) is 0 Å². The van der Waals surface area contributed by atoms with E-state index in [0.29, 0.717) is 5.41 Å². The lowest BCUT2D eigenvalue weighted by atomic mass is 9.92. The normalized spacial score (nSPS) is 16.6. The van der Waals surface area contributed by atoms with Crippen molar-refractivity contribution in [3.8, 4) is 0 Å². The molecule has 1 saturated carbocycles. The average molecular weight is 269 g/mol. The van der Waals surface area contributed by atoms with E-state index in [2.05, 4.69) is 36.3 Å². The third kappa shape index (κ3) is 2.21. The molecule has 1 fully saturated rings. The molecule has 1 aliphatic rings. The fraction of sp³-hybridized carbons (Fsp3) is 0.471. The number of fused-ring (bicyclic) bond motifs is 1. The number of aromatic nitrogens is 1. The maximum atomic E-state index is 6.05. The molecule has 0 bridgehead atoms. The third-order valence-electron chi connectivity index (χ3n) is 4.82. The van der Waals surface area contributed by atoms with E-state index in [1.807, 2.05) is 19.2 Å². The molecule has 1 aromatic carbocycles. The monoisotopic (exact) mass is 269 g/mol. The maximum Gasteiger partial charge on any atom is 0.0422 e. The SMILES string of the molecule is Cc1cc2c(NCC3(C(C)C)CC3)ccc(N)c2cn1. The largest absolute Gasteiger partial charge is 0.398 e. The molecule has 1 aromatic heterocycles. The van der Waals surface area contributed by atoms with E-state index in [0.717, 1.165) is 29.2 Å². The van der Waals surface area contributed by atoms with E-state index < -0.39 is 0 Å². The highest BCUT2D eigenvalue weighted by molar-refractivity contribution is 6.00. The summed E-state index contributed by atoms with van der Waals surface area (Å²) in [5.74, 6) is 0.735. The molecule has 0 aliphatic heterocycles. The quantitative estimate of drug-likeness (QED) is 0.826. The van der Waals surface area contributed by atoms with Crippen molar-refractivity contribution < 1.29 is 0 Å². The van der Waals surface area contributed by atoms with Gasteiger partial charge in [-0.25, -0.2) is 0 Å². The first-order valence-electron chi connectivity index (χ1n) is 7.40. The topological polar surface area (TPSA) is 50.9 Å². The second kappa shape index (κ2) is 4.65. The van der Waals surface area contributed by atoms with Crippen molar-refractivity contribution in [2.45, 2.75) is 33.6 Å². The standard InChI is InChI=1S/C17H23N3/c1-11(2)17(6-7-17)10-20-16-5-4-15(18)14-9-19-12(3)8-13(14)16/h4-5,8-9,11,20H,6-7,10,18H2,1-3H3. The van der Waals surface area contributed by atoms with Crippen LogP contribution in [0.5, 0.6) is 0 Å². The van der Waals surface area contributed by atoms with Crippen LogP contribution in [0.15, 0.2) is 24.4 Å². The lowest BCUT2D eigenvalue weighted by molar-refractivity contribution is 0.380. The van der Waals surface area contributed by atoms with Gasteiger partial charge < -0.3 is 11.1 Å². The second-order valence-electron chi connectivity index (χ2n) is 6.44. The number of anilines is 2. The summed E-state index contributed by atoms with van der Waals surface area (Å²) in [5.41, 5.74) is 9.54. The number of rotatable bonds is 4. The summed E-state index contributed by atoms with van der Waals surface area (Å²) in [4.78, 5) is 4.35. The van der Waals surface area contributed by atoms with Gasteiger partial charge in [-0.1, -0.05) is 13.8 Å². The molecule has 3 rings (SSSR count). The third-order valence-corrected chi connectivity index (χ3v) is 4.82. The Morgan fingerprint density at radius 1 is 1.30 bits per heavy atom. The molecule has 3 heteroatoms. The summed E-state index contributed by atoms with van der Waals surface area (Å²) >= 11 is 0. The predicted molar refractivity (Wildman–Crippen MR) is 85.9 cm³/mol. The van der Waals surface area contributed by atoms with Crippen LogP contribution in [-0.4, -0.2) is 11.5 Å². The summed E-state index contributed by atoms with van der Waals surface area (Å²) in [6.45, 7) is 7.71. The number of hydrogen-bond donors (Lipinski definition) is 2. The smallest absolute Gasteiger partial charge is 0.0422 e. The Morgan fingerprint density at radius 2 is 2.05 bits per heavy atom. The van der Waals surface area contributed by atoms with E-state index >= 15 is 0 Å². The number of nitrogens with zero attached hydrogens (tertiary/aromatic N) is 1. The van der Waals surface area contributed by atoms with Gasteiger partial charge in [0.1, 0.15) is 0 Å². The molecule has 0 unspecified atom stereocenters. The molecule has 0 atom stereocenters. The molecule has 0 spiro atoms. The molecule has 0 radical (unpaired) electrons. The lowest BCUT2D eigenvalue weighted by Gasteiger charge is -2.21. The first-order valence-corrected chi connectivity index (χ1v) is 7.40. The minimum absolute atomic E-state index is 0.496. The van der Waals surface area contributed by atoms with Crippen LogP contribution in [0.25, 0.3) is 10.8 Å². The minimum atomic E-state index is 0.496. The Morgan fingerprint density at radius 3 is 2.70 bits per heavy atom. The fourth-order valence-corrected chi connectivity index (χ4v) is 2.91. The molecule has 0 saturated heterocycles. The van der Waals surface area contributed by atoms with Crippen molar-refractivity contribution in [1.29, 1.82) is 0 Å². The summed E-state index contributed by atoms with van der Waals surface area (Å²) in [5, 5.41) is 5.86. The number of benzene rings is 1. The highest BCUT2D eigenvalue weighted by Crippen LogP contribution is 2.51. The van der Waals surface area contributed by atoms with E-state index in [4.69, 9.17) is 5.73 Å². The molecular formula is C17H23N3. The van der Waals surface area contributed by atoms with Crippen molar-refractivity contribution in [3.63, 3.8) is 0 Å². The molecule has 2 aromatic rings. The Balaban J connectivity index is 1.92. The first kappa shape index (κ1) is 13.2. The van der Waals surface area contributed by atoms with E-state index in [9.17, 15) is 0 Å². The van der Waals surface area contributed by atoms with Gasteiger partial charge in [0.2, 0.25) is 0 Å². The zero-order chi connectivity index (χ0) is 14.3. The molecule has 1 heterocycles. The van der Waals surface area contributed by atoms with Gasteiger partial charge in [0.25, 0.3) is 0 Å². The number of nitrogens with one attached hydrogen (secondary N) is 1. The Hall–Kier alpha value is -1.77. The second-order valence-corrected chi connectivity index (χ2v) is 6.44. The van der Waals surface area contributed by atoms with Gasteiger partial charge in [0, 0.05) is 40.6 Å². The zero-order valence-corrected chi connectivity index (χ0v) is 12.5. The lowest BCUT2D eigenvalue weighted by Crippen LogP contribution is -2.21. The molecule has 3 N–H and O–H groups in total. The molecule has 0 amide bonds. The van der Waals surface area contributed by atoms with Crippen molar-refractivity contribution >= 4 is 22.1 Å². The highest BCUT2D eigenvalue weighted by Gasteiger charge is 2.44. The van der Waals surface area contributed by atoms with E-state index in [1.54, 1.807) is 0 Å². The Kier molecular flexibility index (Phi) is 3.08. The Labute approximate surface area is 120 Å². The number of pyridine rings is 1. The van der Waals surface area contributed by atoms with Crippen molar-refractivity contribution in [3.05, 3.63) is 30.1 Å². The molecule has 1 aliphatic carbocycles. The number of nitrogens with two attached hydrogens (primary N) is 1. The number of nitrogen functional groups attached to an aromatic ring is 1. The van der Waals surface area contributed by atoms with Crippen LogP contribution in [0.1, 0.15) is 32.4 Å². The van der Waals surface area contributed by atoms with Crippen LogP contribution in [0.4, 0.5) is 11.4 Å². The minimum Gasteiger partial charge on any atom is -0.398 e. The summed E-state index contributed by atoms with van der Waals surface area (Å²) in [7, 11) is 0. The summed E-state index contributed by atoms with van der Waals surface area (Å²) < 4.78 is 0. The molecule has 106 valence electrons. The summed E-state index contributed by atoms with van der Waals surface area (Å²) in [6.07, 6.45) is 4.55. The van der Waals surface area contributed by atoms with Gasteiger partial charge >= 0.3 is 0 Å². The Bertz CT molecular complexity index is 642. The predicted octanol–water partition coefficient (Wildman–Crippen LogP) is 3.97. The van der Waals surface area contributed by atoms with Gasteiger partial charge in [-0.15, -0.1) is 0 Å². The van der Waals surface area contributed by atoms with Crippen LogP contribution in [0, 0.1) is 18.3 Å². The van der Waals surface area contributed by atoms with Crippen molar-refractivity contribution in [2.75, 3.05) is 17.6 Å². The van der Waals surface area contributed by atoms with Gasteiger partial charge in [0.05, 0.1) is 0 Å². The number of aryl methyl sites for hydroxylation is 1. The van der Waals surface area contributed by atoms with Crippen LogP contribution in [0.3, 0.4) is 0 Å².